The number of ether oxygens (including phenoxy) is 3. The molecule has 0 radical (unpaired) electrons. The van der Waals surface area contributed by atoms with Gasteiger partial charge in [0.05, 0.1) is 32.0 Å². The van der Waals surface area contributed by atoms with Crippen LogP contribution in [0.2, 0.25) is 0 Å². The monoisotopic (exact) mass is 1230 g/mol. The van der Waals surface area contributed by atoms with E-state index in [1.54, 1.807) is 6.08 Å². The molecule has 7 unspecified atom stereocenters. The molecule has 0 saturated carbocycles. The Morgan fingerprint density at radius 3 is 1.17 bits per heavy atom. The molecule has 11 nitrogen and oxygen atoms in total. The van der Waals surface area contributed by atoms with Gasteiger partial charge in [-0.05, 0) is 64.2 Å². The van der Waals surface area contributed by atoms with Gasteiger partial charge < -0.3 is 45.1 Å². The van der Waals surface area contributed by atoms with Gasteiger partial charge in [-0.15, -0.1) is 0 Å². The predicted molar refractivity (Wildman–Crippen MR) is 366 cm³/mol. The van der Waals surface area contributed by atoms with Crippen LogP contribution in [-0.4, -0.2) is 100 Å². The Labute approximate surface area is 536 Å². The summed E-state index contributed by atoms with van der Waals surface area (Å²) in [5.41, 5.74) is 0. The van der Waals surface area contributed by atoms with Crippen LogP contribution in [0, 0.1) is 0 Å². The highest BCUT2D eigenvalue weighted by Gasteiger charge is 2.44. The number of allylic oxidation sites excluding steroid dienone is 5. The van der Waals surface area contributed by atoms with Gasteiger partial charge in [0, 0.05) is 12.8 Å². The fourth-order valence-electron chi connectivity index (χ4n) is 12.1. The molecule has 0 aromatic carbocycles. The Bertz CT molecular complexity index is 1540. The van der Waals surface area contributed by atoms with Crippen LogP contribution in [0.1, 0.15) is 373 Å². The normalized spacial score (nSPS) is 18.0. The van der Waals surface area contributed by atoms with Crippen LogP contribution in [0.25, 0.3) is 0 Å². The van der Waals surface area contributed by atoms with E-state index < -0.39 is 49.5 Å². The van der Waals surface area contributed by atoms with Gasteiger partial charge in [0.15, 0.2) is 6.29 Å². The number of rotatable bonds is 67. The molecule has 0 aliphatic carbocycles. The van der Waals surface area contributed by atoms with Crippen LogP contribution < -0.4 is 5.32 Å². The first-order chi connectivity index (χ1) is 42.7. The standard InChI is InChI=1S/C76H143NO10/c1-3-5-7-9-11-13-15-16-17-38-41-44-48-52-56-60-64-72(81)85-65-61-57-53-49-45-42-39-36-34-32-30-28-26-24-22-20-18-19-21-23-25-27-29-31-33-35-37-40-43-47-51-55-59-63-71(80)77-68(67-86-76-75(84)74(83)73(82)70(66-78)87-76)69(79)62-58-54-50-46-14-12-10-8-6-4-2/h13,15,17,38,58,62,68-70,73-76,78-79,82-84H,3-12,14,16,18-37,39-57,59-61,63-67H2,1-2H3,(H,77,80)/b15-13-,38-17-,62-58+. The van der Waals surface area contributed by atoms with E-state index in [2.05, 4.69) is 43.5 Å². The second kappa shape index (κ2) is 65.4. The third-order valence-electron chi connectivity index (χ3n) is 18.0. The summed E-state index contributed by atoms with van der Waals surface area (Å²) in [7, 11) is 0. The molecule has 1 aliphatic heterocycles. The molecule has 512 valence electrons. The van der Waals surface area contributed by atoms with E-state index in [0.717, 1.165) is 64.2 Å². The molecule has 11 heteroatoms. The molecule has 1 aliphatic rings. The van der Waals surface area contributed by atoms with E-state index >= 15 is 0 Å². The lowest BCUT2D eigenvalue weighted by molar-refractivity contribution is -0.302. The summed E-state index contributed by atoms with van der Waals surface area (Å²) in [5, 5.41) is 54.4. The second-order valence-corrected chi connectivity index (χ2v) is 26.4. The van der Waals surface area contributed by atoms with Gasteiger partial charge in [-0.25, -0.2) is 0 Å². The summed E-state index contributed by atoms with van der Waals surface area (Å²) in [5.74, 6) is -0.175. The van der Waals surface area contributed by atoms with Crippen molar-refractivity contribution in [2.24, 2.45) is 0 Å². The van der Waals surface area contributed by atoms with Crippen LogP contribution in [-0.2, 0) is 23.8 Å². The average molecular weight is 1230 g/mol. The molecular formula is C76H143NO10. The van der Waals surface area contributed by atoms with Gasteiger partial charge in [0.25, 0.3) is 0 Å². The molecule has 1 fully saturated rings. The Hall–Kier alpha value is -2.12. The first-order valence-corrected chi connectivity index (χ1v) is 37.8. The zero-order valence-electron chi connectivity index (χ0n) is 57.0. The quantitative estimate of drug-likeness (QED) is 0.0195. The van der Waals surface area contributed by atoms with Crippen LogP contribution >= 0.6 is 0 Å². The van der Waals surface area contributed by atoms with Crippen LogP contribution in [0.15, 0.2) is 36.5 Å². The lowest BCUT2D eigenvalue weighted by Gasteiger charge is -2.40. The number of unbranched alkanes of at least 4 members (excludes halogenated alkanes) is 49. The van der Waals surface area contributed by atoms with E-state index in [-0.39, 0.29) is 18.5 Å². The number of esters is 1. The van der Waals surface area contributed by atoms with Crippen molar-refractivity contribution in [2.45, 2.75) is 416 Å². The molecule has 0 spiro atoms. The minimum atomic E-state index is -1.57. The Kier molecular flexibility index (Phi) is 62.3. The van der Waals surface area contributed by atoms with Crippen LogP contribution in [0.5, 0.6) is 0 Å². The third kappa shape index (κ3) is 54.2. The summed E-state index contributed by atoms with van der Waals surface area (Å²) >= 11 is 0. The van der Waals surface area contributed by atoms with Crippen molar-refractivity contribution in [3.05, 3.63) is 36.5 Å². The first-order valence-electron chi connectivity index (χ1n) is 37.8. The molecule has 1 rings (SSSR count). The highest BCUT2D eigenvalue weighted by atomic mass is 16.7. The molecular weight excluding hydrogens is 1090 g/mol. The fourth-order valence-corrected chi connectivity index (χ4v) is 12.1. The van der Waals surface area contributed by atoms with Gasteiger partial charge in [-0.1, -0.05) is 333 Å². The average Bonchev–Trinajstić information content (AvgIpc) is 3.20. The highest BCUT2D eigenvalue weighted by Crippen LogP contribution is 2.24. The van der Waals surface area contributed by atoms with Crippen LogP contribution in [0.4, 0.5) is 0 Å². The first kappa shape index (κ1) is 82.9. The number of hydrogen-bond acceptors (Lipinski definition) is 10. The third-order valence-corrected chi connectivity index (χ3v) is 18.0. The number of aliphatic hydroxyl groups is 5. The molecule has 6 N–H and O–H groups in total. The van der Waals surface area contributed by atoms with Crippen molar-refractivity contribution in [1.82, 2.24) is 5.32 Å². The van der Waals surface area contributed by atoms with E-state index in [0.29, 0.717) is 19.4 Å². The van der Waals surface area contributed by atoms with Crippen molar-refractivity contribution in [2.75, 3.05) is 19.8 Å². The molecule has 0 aromatic heterocycles. The zero-order valence-corrected chi connectivity index (χ0v) is 57.0. The minimum Gasteiger partial charge on any atom is -0.466 e. The Morgan fingerprint density at radius 2 is 0.770 bits per heavy atom. The maximum Gasteiger partial charge on any atom is 0.305 e. The van der Waals surface area contributed by atoms with Gasteiger partial charge >= 0.3 is 5.97 Å². The number of carbonyl (C=O) groups is 2. The Balaban J connectivity index is 1.88. The summed E-state index contributed by atoms with van der Waals surface area (Å²) < 4.78 is 16.7. The van der Waals surface area contributed by atoms with Gasteiger partial charge in [-0.2, -0.15) is 0 Å². The number of hydrogen-bond donors (Lipinski definition) is 6. The van der Waals surface area contributed by atoms with Gasteiger partial charge in [0.1, 0.15) is 24.4 Å². The van der Waals surface area contributed by atoms with Crippen molar-refractivity contribution >= 4 is 11.9 Å². The summed E-state index contributed by atoms with van der Waals surface area (Å²) in [4.78, 5) is 25.1. The summed E-state index contributed by atoms with van der Waals surface area (Å²) in [6.45, 7) is 4.34. The maximum atomic E-state index is 13.0. The van der Waals surface area contributed by atoms with Crippen LogP contribution in [0.3, 0.4) is 0 Å². The fraction of sp³-hybridized carbons (Fsp3) is 0.895. The number of aliphatic hydroxyl groups excluding tert-OH is 5. The minimum absolute atomic E-state index is 0.00132. The Morgan fingerprint density at radius 1 is 0.425 bits per heavy atom. The molecule has 1 heterocycles. The highest BCUT2D eigenvalue weighted by molar-refractivity contribution is 5.76. The zero-order chi connectivity index (χ0) is 63.0. The molecule has 1 amide bonds. The largest absolute Gasteiger partial charge is 0.466 e. The topological polar surface area (TPSA) is 175 Å². The van der Waals surface area contributed by atoms with Crippen molar-refractivity contribution < 1.29 is 49.3 Å². The van der Waals surface area contributed by atoms with Crippen molar-refractivity contribution in [3.8, 4) is 0 Å². The number of amides is 1. The maximum absolute atomic E-state index is 13.0. The predicted octanol–water partition coefficient (Wildman–Crippen LogP) is 19.7. The lowest BCUT2D eigenvalue weighted by atomic mass is 9.99. The SMILES string of the molecule is CCCCCC/C=C\C/C=C\CCCCCCCC(=O)OCCCCCCCCCCCCCCCCCCCCCCCCCCCCCCCCCCCC(=O)NC(COC1OC(CO)C(O)C(O)C1O)C(O)/C=C/CCCCCCCCCC. The van der Waals surface area contributed by atoms with Gasteiger partial charge in [-0.3, -0.25) is 9.59 Å². The van der Waals surface area contributed by atoms with Crippen molar-refractivity contribution in [1.29, 1.82) is 0 Å². The molecule has 1 saturated heterocycles. The molecule has 87 heavy (non-hydrogen) atoms. The smallest absolute Gasteiger partial charge is 0.305 e. The molecule has 7 atom stereocenters. The number of nitrogens with one attached hydrogen (secondary N) is 1. The van der Waals surface area contributed by atoms with E-state index in [4.69, 9.17) is 14.2 Å². The van der Waals surface area contributed by atoms with E-state index in [1.165, 1.54) is 283 Å². The molecule has 0 bridgehead atoms. The number of carbonyl (C=O) groups excluding carboxylic acids is 2. The van der Waals surface area contributed by atoms with Gasteiger partial charge in [0.2, 0.25) is 5.91 Å². The van der Waals surface area contributed by atoms with E-state index in [9.17, 15) is 35.1 Å². The summed E-state index contributed by atoms with van der Waals surface area (Å²) in [6.07, 6.45) is 74.5. The van der Waals surface area contributed by atoms with Crippen molar-refractivity contribution in [3.63, 3.8) is 0 Å². The second-order valence-electron chi connectivity index (χ2n) is 26.4. The lowest BCUT2D eigenvalue weighted by Crippen LogP contribution is -2.60. The molecule has 0 aromatic rings. The van der Waals surface area contributed by atoms with E-state index in [1.807, 2.05) is 6.08 Å². The summed E-state index contributed by atoms with van der Waals surface area (Å²) in [6, 6.07) is -0.805.